The van der Waals surface area contributed by atoms with Crippen molar-refractivity contribution in [3.05, 3.63) is 52.9 Å². The minimum absolute atomic E-state index is 0.0979. The highest BCUT2D eigenvalue weighted by Gasteiger charge is 2.14. The molecule has 3 rings (SSSR count). The van der Waals surface area contributed by atoms with E-state index in [4.69, 9.17) is 9.15 Å². The molecule has 0 unspecified atom stereocenters. The number of rotatable bonds is 4. The van der Waals surface area contributed by atoms with Crippen molar-refractivity contribution in [1.29, 1.82) is 0 Å². The molecule has 18 heavy (non-hydrogen) atoms. The minimum atomic E-state index is 0.0979. The quantitative estimate of drug-likeness (QED) is 0.655. The van der Waals surface area contributed by atoms with Crippen LogP contribution in [0.25, 0.3) is 11.0 Å². The van der Waals surface area contributed by atoms with Crippen LogP contribution in [0.1, 0.15) is 24.3 Å². The Morgan fingerprint density at radius 3 is 2.94 bits per heavy atom. The SMILES string of the molecule is CC[C@@H](Oc1cccc2ccoc12)c1cccs1. The molecule has 3 aromatic rings. The molecule has 0 bridgehead atoms. The summed E-state index contributed by atoms with van der Waals surface area (Å²) in [5, 5.41) is 3.16. The van der Waals surface area contributed by atoms with Gasteiger partial charge in [-0.1, -0.05) is 25.1 Å². The van der Waals surface area contributed by atoms with Gasteiger partial charge in [0.05, 0.1) is 6.26 Å². The van der Waals surface area contributed by atoms with Crippen LogP contribution in [0.2, 0.25) is 0 Å². The van der Waals surface area contributed by atoms with E-state index < -0.39 is 0 Å². The Hall–Kier alpha value is -1.74. The number of para-hydroxylation sites is 1. The van der Waals surface area contributed by atoms with Crippen LogP contribution in [0.5, 0.6) is 5.75 Å². The molecule has 0 amide bonds. The van der Waals surface area contributed by atoms with E-state index >= 15 is 0 Å². The van der Waals surface area contributed by atoms with Gasteiger partial charge in [0.15, 0.2) is 11.3 Å². The van der Waals surface area contributed by atoms with Gasteiger partial charge in [0.25, 0.3) is 0 Å². The summed E-state index contributed by atoms with van der Waals surface area (Å²) in [5.74, 6) is 0.817. The highest BCUT2D eigenvalue weighted by Crippen LogP contribution is 2.32. The predicted octanol–water partition coefficient (Wildman–Crippen LogP) is 5.02. The molecule has 0 N–H and O–H groups in total. The first-order valence-corrected chi connectivity index (χ1v) is 6.92. The maximum absolute atomic E-state index is 6.10. The molecule has 0 aliphatic rings. The Bertz CT molecular complexity index is 625. The fourth-order valence-electron chi connectivity index (χ4n) is 2.03. The Balaban J connectivity index is 1.93. The van der Waals surface area contributed by atoms with Crippen LogP contribution < -0.4 is 4.74 Å². The van der Waals surface area contributed by atoms with E-state index in [1.807, 2.05) is 24.3 Å². The highest BCUT2D eigenvalue weighted by molar-refractivity contribution is 7.10. The summed E-state index contributed by atoms with van der Waals surface area (Å²) in [6.45, 7) is 2.13. The van der Waals surface area contributed by atoms with Gasteiger partial charge in [0, 0.05) is 10.3 Å². The van der Waals surface area contributed by atoms with Crippen molar-refractivity contribution in [2.45, 2.75) is 19.4 Å². The molecule has 0 spiro atoms. The van der Waals surface area contributed by atoms with Crippen LogP contribution in [0.15, 0.2) is 52.5 Å². The Kier molecular flexibility index (Phi) is 3.07. The summed E-state index contributed by atoms with van der Waals surface area (Å²) in [6, 6.07) is 12.1. The van der Waals surface area contributed by atoms with Crippen molar-refractivity contribution in [3.8, 4) is 5.75 Å². The van der Waals surface area contributed by atoms with Crippen molar-refractivity contribution in [1.82, 2.24) is 0 Å². The highest BCUT2D eigenvalue weighted by atomic mass is 32.1. The molecule has 3 heteroatoms. The van der Waals surface area contributed by atoms with Gasteiger partial charge >= 0.3 is 0 Å². The van der Waals surface area contributed by atoms with Crippen LogP contribution in [0, 0.1) is 0 Å². The van der Waals surface area contributed by atoms with Crippen molar-refractivity contribution in [2.24, 2.45) is 0 Å². The van der Waals surface area contributed by atoms with Crippen LogP contribution in [0.3, 0.4) is 0 Å². The first-order chi connectivity index (χ1) is 8.88. The van der Waals surface area contributed by atoms with E-state index in [0.29, 0.717) is 0 Å². The molecule has 0 fully saturated rings. The summed E-state index contributed by atoms with van der Waals surface area (Å²) in [6.07, 6.45) is 2.74. The Morgan fingerprint density at radius 1 is 1.22 bits per heavy atom. The third kappa shape index (κ3) is 2.02. The van der Waals surface area contributed by atoms with Crippen LogP contribution in [-0.2, 0) is 0 Å². The average molecular weight is 258 g/mol. The fourth-order valence-corrected chi connectivity index (χ4v) is 2.87. The fraction of sp³-hybridized carbons (Fsp3) is 0.200. The molecular weight excluding hydrogens is 244 g/mol. The van der Waals surface area contributed by atoms with Crippen molar-refractivity contribution < 1.29 is 9.15 Å². The molecule has 0 radical (unpaired) electrons. The monoisotopic (exact) mass is 258 g/mol. The normalized spacial score (nSPS) is 12.7. The number of hydrogen-bond acceptors (Lipinski definition) is 3. The molecule has 0 aliphatic carbocycles. The minimum Gasteiger partial charge on any atom is -0.481 e. The largest absolute Gasteiger partial charge is 0.481 e. The third-order valence-corrected chi connectivity index (χ3v) is 3.91. The van der Waals surface area contributed by atoms with E-state index in [1.54, 1.807) is 17.6 Å². The van der Waals surface area contributed by atoms with Gasteiger partial charge in [0.1, 0.15) is 6.10 Å². The molecule has 0 saturated carbocycles. The second-order valence-corrected chi connectivity index (χ2v) is 5.10. The number of benzene rings is 1. The molecule has 0 aliphatic heterocycles. The topological polar surface area (TPSA) is 22.4 Å². The number of fused-ring (bicyclic) bond motifs is 1. The van der Waals surface area contributed by atoms with Gasteiger partial charge in [-0.3, -0.25) is 0 Å². The molecule has 1 aromatic carbocycles. The van der Waals surface area contributed by atoms with Gasteiger partial charge in [-0.25, -0.2) is 0 Å². The Morgan fingerprint density at radius 2 is 2.17 bits per heavy atom. The summed E-state index contributed by atoms with van der Waals surface area (Å²) in [7, 11) is 0. The average Bonchev–Trinajstić information content (AvgIpc) is 3.06. The van der Waals surface area contributed by atoms with Gasteiger partial charge in [-0.2, -0.15) is 0 Å². The molecule has 2 nitrogen and oxygen atoms in total. The second kappa shape index (κ2) is 4.86. The zero-order chi connectivity index (χ0) is 12.4. The summed E-state index contributed by atoms with van der Waals surface area (Å²) < 4.78 is 11.6. The van der Waals surface area contributed by atoms with Gasteiger partial charge in [-0.15, -0.1) is 11.3 Å². The summed E-state index contributed by atoms with van der Waals surface area (Å²) in [5.41, 5.74) is 0.826. The van der Waals surface area contributed by atoms with Gasteiger partial charge in [0.2, 0.25) is 0 Å². The zero-order valence-corrected chi connectivity index (χ0v) is 10.9. The zero-order valence-electron chi connectivity index (χ0n) is 10.1. The van der Waals surface area contributed by atoms with Crippen LogP contribution in [-0.4, -0.2) is 0 Å². The lowest BCUT2D eigenvalue weighted by molar-refractivity contribution is 0.205. The van der Waals surface area contributed by atoms with E-state index in [0.717, 1.165) is 23.1 Å². The molecule has 2 heterocycles. The predicted molar refractivity (Wildman–Crippen MR) is 74.2 cm³/mol. The van der Waals surface area contributed by atoms with Crippen molar-refractivity contribution >= 4 is 22.3 Å². The Labute approximate surface area is 110 Å². The summed E-state index contributed by atoms with van der Waals surface area (Å²) >= 11 is 1.73. The van der Waals surface area contributed by atoms with Gasteiger partial charge in [-0.05, 0) is 30.0 Å². The maximum Gasteiger partial charge on any atom is 0.175 e. The summed E-state index contributed by atoms with van der Waals surface area (Å²) in [4.78, 5) is 1.25. The van der Waals surface area contributed by atoms with Crippen LogP contribution >= 0.6 is 11.3 Å². The van der Waals surface area contributed by atoms with Crippen LogP contribution in [0.4, 0.5) is 0 Å². The smallest absolute Gasteiger partial charge is 0.175 e. The maximum atomic E-state index is 6.10. The third-order valence-electron chi connectivity index (χ3n) is 2.94. The lowest BCUT2D eigenvalue weighted by atomic mass is 10.2. The van der Waals surface area contributed by atoms with E-state index in [-0.39, 0.29) is 6.10 Å². The molecule has 0 saturated heterocycles. The van der Waals surface area contributed by atoms with Crippen molar-refractivity contribution in [2.75, 3.05) is 0 Å². The number of hydrogen-bond donors (Lipinski definition) is 0. The second-order valence-electron chi connectivity index (χ2n) is 4.13. The van der Waals surface area contributed by atoms with Gasteiger partial charge < -0.3 is 9.15 Å². The molecule has 92 valence electrons. The first-order valence-electron chi connectivity index (χ1n) is 6.04. The lowest BCUT2D eigenvalue weighted by Crippen LogP contribution is -2.04. The number of furan rings is 1. The lowest BCUT2D eigenvalue weighted by Gasteiger charge is -2.16. The van der Waals surface area contributed by atoms with Crippen molar-refractivity contribution in [3.63, 3.8) is 0 Å². The standard InChI is InChI=1S/C15H14O2S/c1-2-12(14-7-4-10-18-14)17-13-6-3-5-11-8-9-16-15(11)13/h3-10,12H,2H2,1H3/t12-/m1/s1. The number of ether oxygens (including phenoxy) is 1. The van der Waals surface area contributed by atoms with E-state index in [2.05, 4.69) is 24.4 Å². The molecular formula is C15H14O2S. The van der Waals surface area contributed by atoms with E-state index in [9.17, 15) is 0 Å². The molecule has 1 atom stereocenters. The molecule has 2 aromatic heterocycles. The number of thiophene rings is 1. The first kappa shape index (κ1) is 11.4. The van der Waals surface area contributed by atoms with E-state index in [1.165, 1.54) is 4.88 Å².